The summed E-state index contributed by atoms with van der Waals surface area (Å²) in [5, 5.41) is 138. The van der Waals surface area contributed by atoms with Crippen molar-refractivity contribution in [3.05, 3.63) is 0 Å². The second kappa shape index (κ2) is 17.9. The Morgan fingerprint density at radius 2 is 1.43 bits per heavy atom. The molecule has 0 aromatic heterocycles. The molecule has 0 aromatic rings. The Morgan fingerprint density at radius 1 is 0.830 bits per heavy atom. The fourth-order valence-electron chi connectivity index (χ4n) is 6.63. The largest absolute Gasteiger partial charge is 0.477 e. The number of carbonyl (C=O) groups excluding carboxylic acids is 1. The van der Waals surface area contributed by atoms with Gasteiger partial charge in [0.05, 0.1) is 44.1 Å². The standard InChI is InChI=1S/C29H50N2O22/c1-7-15(38)18(41)19(42)26(47-7)50-21-12(6-34)48-25(44)13(30)22(21)51-27-20(43)24(17(40)11(5-33)49-27)53-29(28(45)46)3-9(36)14(31-8(2)35)23(52-29)16(39)10(37)4-32/h7,9-27,32-34,36-44H,3-6,30H2,1-2H3,(H,31,35)(H,45,46)/t7-,9-,10+,11+,12+,13+,14+,15+,16+,17-,18+,19-,20+,21+,22+,23+,24-,25+,26-,27-,29-/m0/s1. The lowest BCUT2D eigenvalue weighted by Gasteiger charge is -2.51. The van der Waals surface area contributed by atoms with Gasteiger partial charge in [0, 0.05) is 13.3 Å². The van der Waals surface area contributed by atoms with Crippen molar-refractivity contribution in [2.75, 3.05) is 19.8 Å². The third-order valence-electron chi connectivity index (χ3n) is 9.62. The number of aliphatic hydroxyl groups excluding tert-OH is 12. The minimum atomic E-state index is -3.08. The van der Waals surface area contributed by atoms with Crippen molar-refractivity contribution >= 4 is 11.9 Å². The van der Waals surface area contributed by atoms with Gasteiger partial charge in [-0.25, -0.2) is 4.79 Å². The first kappa shape index (κ1) is 43.9. The van der Waals surface area contributed by atoms with Crippen LogP contribution in [0.15, 0.2) is 0 Å². The summed E-state index contributed by atoms with van der Waals surface area (Å²) in [5.41, 5.74) is 6.15. The van der Waals surface area contributed by atoms with Gasteiger partial charge in [-0.15, -0.1) is 0 Å². The highest BCUT2D eigenvalue weighted by atomic mass is 16.8. The highest BCUT2D eigenvalue weighted by Crippen LogP contribution is 2.38. The molecule has 0 spiro atoms. The van der Waals surface area contributed by atoms with E-state index in [1.165, 1.54) is 6.92 Å². The third-order valence-corrected chi connectivity index (χ3v) is 9.62. The summed E-state index contributed by atoms with van der Waals surface area (Å²) in [6, 6.07) is -3.19. The van der Waals surface area contributed by atoms with Gasteiger partial charge in [-0.05, 0) is 6.92 Å². The van der Waals surface area contributed by atoms with E-state index < -0.39 is 166 Å². The Hall–Kier alpha value is -1.86. The predicted molar refractivity (Wildman–Crippen MR) is 163 cm³/mol. The summed E-state index contributed by atoms with van der Waals surface area (Å²) in [4.78, 5) is 24.7. The molecule has 0 radical (unpaired) electrons. The van der Waals surface area contributed by atoms with E-state index >= 15 is 0 Å². The van der Waals surface area contributed by atoms with Crippen LogP contribution in [0.25, 0.3) is 0 Å². The van der Waals surface area contributed by atoms with Gasteiger partial charge in [-0.3, -0.25) is 4.79 Å². The number of amides is 1. The maximum Gasteiger partial charge on any atom is 0.364 e. The highest BCUT2D eigenvalue weighted by Gasteiger charge is 2.60. The molecule has 16 N–H and O–H groups in total. The Balaban J connectivity index is 1.66. The number of hydrogen-bond acceptors (Lipinski definition) is 22. The number of ether oxygens (including phenoxy) is 7. The maximum absolute atomic E-state index is 12.8. The van der Waals surface area contributed by atoms with Crippen LogP contribution >= 0.6 is 0 Å². The fourth-order valence-corrected chi connectivity index (χ4v) is 6.63. The van der Waals surface area contributed by atoms with Gasteiger partial charge in [0.25, 0.3) is 5.79 Å². The van der Waals surface area contributed by atoms with Crippen molar-refractivity contribution in [3.8, 4) is 0 Å². The average Bonchev–Trinajstić information content (AvgIpc) is 3.11. The van der Waals surface area contributed by atoms with Gasteiger partial charge >= 0.3 is 5.97 Å². The van der Waals surface area contributed by atoms with Crippen LogP contribution < -0.4 is 11.1 Å². The zero-order chi connectivity index (χ0) is 39.7. The minimum absolute atomic E-state index is 0.770. The van der Waals surface area contributed by atoms with Gasteiger partial charge in [0.2, 0.25) is 5.91 Å². The molecule has 53 heavy (non-hydrogen) atoms. The highest BCUT2D eigenvalue weighted by molar-refractivity contribution is 5.76. The smallest absolute Gasteiger partial charge is 0.364 e. The summed E-state index contributed by atoms with van der Waals surface area (Å²) < 4.78 is 39.2. The molecule has 24 heteroatoms. The van der Waals surface area contributed by atoms with Crippen LogP contribution in [-0.2, 0) is 42.7 Å². The Morgan fingerprint density at radius 3 is 2.00 bits per heavy atom. The maximum atomic E-state index is 12.8. The molecule has 21 atom stereocenters. The van der Waals surface area contributed by atoms with E-state index in [-0.39, 0.29) is 0 Å². The lowest BCUT2D eigenvalue weighted by molar-refractivity contribution is -0.388. The molecule has 4 aliphatic rings. The monoisotopic (exact) mass is 778 g/mol. The van der Waals surface area contributed by atoms with Crippen molar-refractivity contribution in [1.82, 2.24) is 5.32 Å². The van der Waals surface area contributed by atoms with E-state index in [9.17, 15) is 76.0 Å². The number of nitrogens with one attached hydrogen (secondary N) is 1. The normalized spacial score (nSPS) is 47.8. The Bertz CT molecular complexity index is 1220. The SMILES string of the molecule is CC(=O)N[C@H]1[C@H]([C@H](O)[C@H](O)CO)O[C@@](O[C@H]2[C@@H](O)[C@@H](CO)O[C@@H](O[C@@H]3[C@@H](N)[C@H](O)O[C@H](CO)[C@H]3O[C@@H]3O[C@@H](C)[C@@H](O)[C@@H](O)[C@@H]3O)[C@@H]2O)(C(=O)O)C[C@@H]1O. The number of nitrogens with two attached hydrogens (primary N) is 1. The molecule has 4 fully saturated rings. The minimum Gasteiger partial charge on any atom is -0.477 e. The lowest BCUT2D eigenvalue weighted by Crippen LogP contribution is -2.71. The van der Waals surface area contributed by atoms with Crippen molar-refractivity contribution in [2.24, 2.45) is 5.73 Å². The van der Waals surface area contributed by atoms with Crippen LogP contribution in [0.5, 0.6) is 0 Å². The molecular weight excluding hydrogens is 728 g/mol. The number of carboxylic acids is 1. The van der Waals surface area contributed by atoms with Crippen molar-refractivity contribution in [3.63, 3.8) is 0 Å². The van der Waals surface area contributed by atoms with Crippen molar-refractivity contribution in [1.29, 1.82) is 0 Å². The van der Waals surface area contributed by atoms with Gasteiger partial charge in [-0.1, -0.05) is 0 Å². The molecule has 0 aromatic carbocycles. The second-order valence-electron chi connectivity index (χ2n) is 13.4. The number of carbonyl (C=O) groups is 2. The van der Waals surface area contributed by atoms with Crippen LogP contribution in [0, 0.1) is 0 Å². The number of hydrogen-bond donors (Lipinski definition) is 15. The molecular formula is C29H50N2O22. The van der Waals surface area contributed by atoms with E-state index in [0.29, 0.717) is 0 Å². The van der Waals surface area contributed by atoms with E-state index in [1.807, 2.05) is 0 Å². The summed E-state index contributed by atoms with van der Waals surface area (Å²) in [5.74, 6) is -5.86. The molecule has 0 aliphatic carbocycles. The molecule has 4 aliphatic heterocycles. The van der Waals surface area contributed by atoms with E-state index in [2.05, 4.69) is 5.32 Å². The Kier molecular flexibility index (Phi) is 14.9. The Labute approximate surface area is 300 Å². The molecule has 24 nitrogen and oxygen atoms in total. The van der Waals surface area contributed by atoms with Crippen molar-refractivity contribution in [2.45, 2.75) is 149 Å². The van der Waals surface area contributed by atoms with E-state index in [1.54, 1.807) is 0 Å². The number of rotatable bonds is 13. The predicted octanol–water partition coefficient (Wildman–Crippen LogP) is -9.41. The summed E-state index contributed by atoms with van der Waals surface area (Å²) in [6.45, 7) is -0.596. The van der Waals surface area contributed by atoms with Crippen LogP contribution in [0.1, 0.15) is 20.3 Å². The third kappa shape index (κ3) is 9.08. The number of aliphatic carboxylic acids is 1. The fraction of sp³-hybridized carbons (Fsp3) is 0.931. The molecule has 0 unspecified atom stereocenters. The molecule has 4 rings (SSSR count). The zero-order valence-corrected chi connectivity index (χ0v) is 28.4. The second-order valence-corrected chi connectivity index (χ2v) is 13.4. The van der Waals surface area contributed by atoms with Crippen LogP contribution in [0.2, 0.25) is 0 Å². The van der Waals surface area contributed by atoms with Gasteiger partial charge < -0.3 is 111 Å². The topological polar surface area (TPSA) is 400 Å². The van der Waals surface area contributed by atoms with Gasteiger partial charge in [0.1, 0.15) is 79.4 Å². The first-order valence-corrected chi connectivity index (χ1v) is 16.7. The lowest BCUT2D eigenvalue weighted by atomic mass is 9.88. The number of aliphatic hydroxyl groups is 12. The molecule has 4 saturated heterocycles. The van der Waals surface area contributed by atoms with Crippen LogP contribution in [0.4, 0.5) is 0 Å². The van der Waals surface area contributed by atoms with Gasteiger partial charge in [-0.2, -0.15) is 0 Å². The van der Waals surface area contributed by atoms with E-state index in [4.69, 9.17) is 38.9 Å². The van der Waals surface area contributed by atoms with Crippen LogP contribution in [0.3, 0.4) is 0 Å². The van der Waals surface area contributed by atoms with Crippen LogP contribution in [-0.4, -0.2) is 226 Å². The van der Waals surface area contributed by atoms with E-state index in [0.717, 1.165) is 6.92 Å². The summed E-state index contributed by atoms with van der Waals surface area (Å²) in [7, 11) is 0. The molecule has 308 valence electrons. The molecule has 0 bridgehead atoms. The zero-order valence-electron chi connectivity index (χ0n) is 28.4. The molecule has 0 saturated carbocycles. The first-order chi connectivity index (χ1) is 24.8. The van der Waals surface area contributed by atoms with Gasteiger partial charge in [0.15, 0.2) is 18.9 Å². The molecule has 1 amide bonds. The summed E-state index contributed by atoms with van der Waals surface area (Å²) in [6.07, 6.45) is -34.1. The average molecular weight is 779 g/mol. The number of carboxylic acid groups (broad SMARTS) is 1. The van der Waals surface area contributed by atoms with Crippen molar-refractivity contribution < 1.29 is 109 Å². The molecule has 4 heterocycles. The first-order valence-electron chi connectivity index (χ1n) is 16.7. The quantitative estimate of drug-likeness (QED) is 0.0825. The summed E-state index contributed by atoms with van der Waals surface area (Å²) >= 11 is 0.